The summed E-state index contributed by atoms with van der Waals surface area (Å²) in [6, 6.07) is 6.33. The van der Waals surface area contributed by atoms with Gasteiger partial charge in [-0.1, -0.05) is 13.8 Å². The molecule has 0 bridgehead atoms. The molecule has 1 saturated heterocycles. The fourth-order valence-corrected chi connectivity index (χ4v) is 4.86. The van der Waals surface area contributed by atoms with E-state index in [-0.39, 0.29) is 11.9 Å². The van der Waals surface area contributed by atoms with Gasteiger partial charge in [-0.2, -0.15) is 0 Å². The molecule has 3 N–H and O–H groups in total. The fourth-order valence-electron chi connectivity index (χ4n) is 4.86. The number of aliphatic imine (C=N–C) groups is 1. The van der Waals surface area contributed by atoms with Crippen molar-refractivity contribution in [1.82, 2.24) is 19.8 Å². The van der Waals surface area contributed by atoms with Crippen molar-refractivity contribution >= 4 is 29.2 Å². The third kappa shape index (κ3) is 3.92. The summed E-state index contributed by atoms with van der Waals surface area (Å²) >= 11 is 0. The molecule has 5 heterocycles. The van der Waals surface area contributed by atoms with Gasteiger partial charge in [0.1, 0.15) is 17.3 Å². The largest absolute Gasteiger partial charge is 0.368 e. The average molecular weight is 437 g/mol. The second-order valence-corrected chi connectivity index (χ2v) is 9.30. The van der Waals surface area contributed by atoms with Gasteiger partial charge in [0.15, 0.2) is 0 Å². The molecule has 3 aliphatic heterocycles. The summed E-state index contributed by atoms with van der Waals surface area (Å²) in [4.78, 5) is 26.2. The molecule has 5 rings (SSSR count). The third-order valence-corrected chi connectivity index (χ3v) is 6.40. The molecule has 0 spiro atoms. The lowest BCUT2D eigenvalue weighted by atomic mass is 10.0. The number of guanidine groups is 1. The number of nitrogens with one attached hydrogen (secondary N) is 3. The average Bonchev–Trinajstić information content (AvgIpc) is 3.17. The van der Waals surface area contributed by atoms with Gasteiger partial charge < -0.3 is 30.3 Å². The Morgan fingerprint density at radius 1 is 1.25 bits per heavy atom. The minimum Gasteiger partial charge on any atom is -0.368 e. The first-order valence-corrected chi connectivity index (χ1v) is 11.5. The summed E-state index contributed by atoms with van der Waals surface area (Å²) in [6.07, 6.45) is 2.93. The van der Waals surface area contributed by atoms with Crippen LogP contribution < -0.4 is 20.9 Å². The molecule has 1 amide bonds. The predicted molar refractivity (Wildman–Crippen MR) is 128 cm³/mol. The number of amides is 1. The van der Waals surface area contributed by atoms with E-state index in [2.05, 4.69) is 55.3 Å². The van der Waals surface area contributed by atoms with Crippen LogP contribution in [0.15, 0.2) is 29.4 Å². The van der Waals surface area contributed by atoms with Gasteiger partial charge in [0, 0.05) is 45.3 Å². The summed E-state index contributed by atoms with van der Waals surface area (Å²) in [6.45, 7) is 9.71. The summed E-state index contributed by atoms with van der Waals surface area (Å²) in [5.41, 5.74) is 2.94. The first kappa shape index (κ1) is 20.8. The van der Waals surface area contributed by atoms with E-state index >= 15 is 0 Å². The van der Waals surface area contributed by atoms with Crippen molar-refractivity contribution in [2.24, 2.45) is 10.9 Å². The summed E-state index contributed by atoms with van der Waals surface area (Å²) in [5, 5.41) is 10.1. The van der Waals surface area contributed by atoms with Crippen LogP contribution in [-0.4, -0.2) is 66.1 Å². The molecule has 0 radical (unpaired) electrons. The Kier molecular flexibility index (Phi) is 5.50. The van der Waals surface area contributed by atoms with E-state index < -0.39 is 0 Å². The minimum atomic E-state index is 0.0703. The number of anilines is 3. The molecule has 0 aliphatic carbocycles. The number of pyridine rings is 1. The van der Waals surface area contributed by atoms with Crippen LogP contribution in [0.2, 0.25) is 0 Å². The summed E-state index contributed by atoms with van der Waals surface area (Å²) in [7, 11) is 1.89. The highest BCUT2D eigenvalue weighted by Gasteiger charge is 2.34. The molecule has 3 aliphatic rings. The van der Waals surface area contributed by atoms with Gasteiger partial charge >= 0.3 is 0 Å². The van der Waals surface area contributed by atoms with Crippen LogP contribution in [0.4, 0.5) is 17.3 Å². The Hall–Kier alpha value is -3.07. The first-order chi connectivity index (χ1) is 15.5. The van der Waals surface area contributed by atoms with Gasteiger partial charge in [0.05, 0.1) is 24.5 Å². The van der Waals surface area contributed by atoms with Crippen molar-refractivity contribution in [2.75, 3.05) is 55.3 Å². The first-order valence-electron chi connectivity index (χ1n) is 11.5. The number of carbonyl (C=O) groups excluding carboxylic acids is 1. The highest BCUT2D eigenvalue weighted by molar-refractivity contribution is 6.05. The van der Waals surface area contributed by atoms with E-state index in [0.717, 1.165) is 67.7 Å². The van der Waals surface area contributed by atoms with E-state index in [4.69, 9.17) is 0 Å². The maximum atomic E-state index is 12.8. The number of hydrogen-bond acceptors (Lipinski definition) is 7. The monoisotopic (exact) mass is 436 g/mol. The molecule has 32 heavy (non-hydrogen) atoms. The molecule has 1 unspecified atom stereocenters. The van der Waals surface area contributed by atoms with Gasteiger partial charge in [0.2, 0.25) is 5.96 Å². The Balaban J connectivity index is 1.34. The number of nitrogens with zero attached hydrogens (tertiary/aromatic N) is 5. The third-order valence-electron chi connectivity index (χ3n) is 6.40. The standard InChI is InChI=1S/C23H32N8O/c1-15(2)10-18-14-29(3)22(32)19-11-16-12-26-23(28-21(16)31(18)19)27-20-5-4-17(13-25-20)30-8-6-24-7-9-30/h4-5,11,13,15,18,24H,6-10,12,14H2,1-3H3,(H2,25,26,27,28). The van der Waals surface area contributed by atoms with Gasteiger partial charge in [-0.15, -0.1) is 0 Å². The van der Waals surface area contributed by atoms with E-state index in [9.17, 15) is 4.79 Å². The normalized spacial score (nSPS) is 20.6. The van der Waals surface area contributed by atoms with Gasteiger partial charge in [-0.25, -0.2) is 9.98 Å². The maximum absolute atomic E-state index is 12.8. The van der Waals surface area contributed by atoms with Crippen molar-refractivity contribution in [2.45, 2.75) is 32.9 Å². The quantitative estimate of drug-likeness (QED) is 0.682. The molecule has 170 valence electrons. The highest BCUT2D eigenvalue weighted by atomic mass is 16.2. The zero-order valence-electron chi connectivity index (χ0n) is 19.1. The lowest BCUT2D eigenvalue weighted by Crippen LogP contribution is -2.43. The lowest BCUT2D eigenvalue weighted by molar-refractivity contribution is 0.0709. The van der Waals surface area contributed by atoms with E-state index in [1.54, 1.807) is 0 Å². The SMILES string of the molecule is CC(C)CC1CN(C)C(=O)c2cc3c(n21)NC(Nc1ccc(N2CCNCC2)cn1)=NC3. The van der Waals surface area contributed by atoms with Crippen LogP contribution in [0.5, 0.6) is 0 Å². The summed E-state index contributed by atoms with van der Waals surface area (Å²) < 4.78 is 2.19. The second-order valence-electron chi connectivity index (χ2n) is 9.30. The van der Waals surface area contributed by atoms with Crippen LogP contribution >= 0.6 is 0 Å². The van der Waals surface area contributed by atoms with E-state index in [1.165, 1.54) is 0 Å². The zero-order valence-corrected chi connectivity index (χ0v) is 19.1. The number of carbonyl (C=O) groups is 1. The van der Waals surface area contributed by atoms with Gasteiger partial charge in [0.25, 0.3) is 5.91 Å². The van der Waals surface area contributed by atoms with E-state index in [0.29, 0.717) is 18.4 Å². The maximum Gasteiger partial charge on any atom is 0.270 e. The van der Waals surface area contributed by atoms with Crippen LogP contribution in [0.25, 0.3) is 0 Å². The van der Waals surface area contributed by atoms with Gasteiger partial charge in [-0.05, 0) is 30.5 Å². The zero-order chi connectivity index (χ0) is 22.2. The molecular weight excluding hydrogens is 404 g/mol. The fraction of sp³-hybridized carbons (Fsp3) is 0.522. The molecule has 1 fully saturated rings. The van der Waals surface area contributed by atoms with Crippen molar-refractivity contribution in [1.29, 1.82) is 0 Å². The van der Waals surface area contributed by atoms with Crippen LogP contribution in [0.1, 0.15) is 42.4 Å². The van der Waals surface area contributed by atoms with Crippen LogP contribution in [-0.2, 0) is 6.54 Å². The molecule has 1 atom stereocenters. The number of hydrogen-bond donors (Lipinski definition) is 3. The Labute approximate surface area is 188 Å². The minimum absolute atomic E-state index is 0.0703. The molecule has 9 nitrogen and oxygen atoms in total. The van der Waals surface area contributed by atoms with E-state index in [1.807, 2.05) is 30.3 Å². The van der Waals surface area contributed by atoms with Crippen LogP contribution in [0.3, 0.4) is 0 Å². The van der Waals surface area contributed by atoms with Crippen molar-refractivity contribution < 1.29 is 4.79 Å². The van der Waals surface area contributed by atoms with Crippen molar-refractivity contribution in [3.8, 4) is 0 Å². The second kappa shape index (κ2) is 8.46. The number of aromatic nitrogens is 2. The topological polar surface area (TPSA) is 89.8 Å². The smallest absolute Gasteiger partial charge is 0.270 e. The molecule has 2 aromatic rings. The number of piperazine rings is 1. The highest BCUT2D eigenvalue weighted by Crippen LogP contribution is 2.35. The molecule has 0 saturated carbocycles. The number of rotatable bonds is 4. The van der Waals surface area contributed by atoms with Crippen molar-refractivity contribution in [3.05, 3.63) is 35.7 Å². The Morgan fingerprint density at radius 3 is 2.78 bits per heavy atom. The predicted octanol–water partition coefficient (Wildman–Crippen LogP) is 2.36. The number of fused-ring (bicyclic) bond motifs is 3. The van der Waals surface area contributed by atoms with Crippen LogP contribution in [0, 0.1) is 5.92 Å². The lowest BCUT2D eigenvalue weighted by Gasteiger charge is -2.35. The van der Waals surface area contributed by atoms with Crippen molar-refractivity contribution in [3.63, 3.8) is 0 Å². The summed E-state index contributed by atoms with van der Waals surface area (Å²) in [5.74, 6) is 3.00. The number of likely N-dealkylation sites (N-methyl/N-ethyl adjacent to an activating group) is 1. The molecular formula is C23H32N8O. The van der Waals surface area contributed by atoms with Gasteiger partial charge in [-0.3, -0.25) is 4.79 Å². The Bertz CT molecular complexity index is 1020. The Morgan fingerprint density at radius 2 is 2.06 bits per heavy atom. The molecule has 0 aromatic carbocycles. The molecule has 9 heteroatoms. The molecule has 2 aromatic heterocycles.